The van der Waals surface area contributed by atoms with Crippen molar-refractivity contribution < 1.29 is 14.3 Å². The van der Waals surface area contributed by atoms with Crippen molar-refractivity contribution in [3.05, 3.63) is 59.7 Å². The van der Waals surface area contributed by atoms with Crippen molar-refractivity contribution in [3.63, 3.8) is 0 Å². The zero-order chi connectivity index (χ0) is 22.4. The molecule has 2 aromatic carbocycles. The minimum atomic E-state index is -0.208. The van der Waals surface area contributed by atoms with Crippen LogP contribution in [0.3, 0.4) is 0 Å². The minimum absolute atomic E-state index is 0.0154. The van der Waals surface area contributed by atoms with E-state index in [2.05, 4.69) is 31.0 Å². The molecule has 3 rings (SSSR count). The molecule has 0 aromatic heterocycles. The first-order valence-corrected chi connectivity index (χ1v) is 10.9. The highest BCUT2D eigenvalue weighted by Crippen LogP contribution is 2.23. The predicted molar refractivity (Wildman–Crippen MR) is 125 cm³/mol. The number of hydrogen-bond acceptors (Lipinski definition) is 4. The van der Waals surface area contributed by atoms with Crippen molar-refractivity contribution in [2.45, 2.75) is 33.1 Å². The van der Waals surface area contributed by atoms with Gasteiger partial charge in [0.15, 0.2) is 0 Å². The highest BCUT2D eigenvalue weighted by atomic mass is 16.5. The smallest absolute Gasteiger partial charge is 0.254 e. The first-order chi connectivity index (χ1) is 14.8. The molecule has 2 amide bonds. The molecule has 6 heteroatoms. The number of carbonyl (C=O) groups is 2. The van der Waals surface area contributed by atoms with Gasteiger partial charge in [-0.2, -0.15) is 0 Å². The Morgan fingerprint density at radius 1 is 1.00 bits per heavy atom. The van der Waals surface area contributed by atoms with Gasteiger partial charge < -0.3 is 19.9 Å². The van der Waals surface area contributed by atoms with Gasteiger partial charge in [-0.15, -0.1) is 0 Å². The third kappa shape index (κ3) is 6.07. The summed E-state index contributed by atoms with van der Waals surface area (Å²) < 4.78 is 5.39. The molecule has 0 aliphatic carbocycles. The van der Waals surface area contributed by atoms with Gasteiger partial charge >= 0.3 is 0 Å². The summed E-state index contributed by atoms with van der Waals surface area (Å²) in [4.78, 5) is 29.3. The average molecular weight is 424 g/mol. The van der Waals surface area contributed by atoms with Crippen LogP contribution in [0.15, 0.2) is 48.5 Å². The molecule has 1 fully saturated rings. The van der Waals surface area contributed by atoms with E-state index in [-0.39, 0.29) is 23.8 Å². The van der Waals surface area contributed by atoms with Gasteiger partial charge in [0.05, 0.1) is 13.2 Å². The first kappa shape index (κ1) is 22.8. The maximum atomic E-state index is 12.9. The maximum Gasteiger partial charge on any atom is 0.254 e. The second-order valence-corrected chi connectivity index (χ2v) is 8.84. The van der Waals surface area contributed by atoms with Crippen LogP contribution in [-0.2, 0) is 14.9 Å². The predicted octanol–water partition coefficient (Wildman–Crippen LogP) is 3.92. The number of carbonyl (C=O) groups excluding carboxylic acids is 2. The number of likely N-dealkylation sites (N-methyl/N-ethyl adjacent to an activating group) is 1. The molecule has 1 heterocycles. The van der Waals surface area contributed by atoms with Gasteiger partial charge in [0.2, 0.25) is 5.91 Å². The standard InChI is InChI=1S/C25H33N3O3/c1-5-27(24(30)19-6-8-20(9-7-19)25(2,3)4)18-23(29)26-21-10-12-22(13-11-21)28-14-16-31-17-15-28/h6-13H,5,14-18H2,1-4H3,(H,26,29). The van der Waals surface area contributed by atoms with Crippen molar-refractivity contribution in [1.29, 1.82) is 0 Å². The molecule has 0 saturated carbocycles. The Balaban J connectivity index is 1.58. The lowest BCUT2D eigenvalue weighted by Gasteiger charge is -2.29. The van der Waals surface area contributed by atoms with Crippen molar-refractivity contribution in [2.75, 3.05) is 49.6 Å². The number of nitrogens with one attached hydrogen (secondary N) is 1. The van der Waals surface area contributed by atoms with E-state index in [0.717, 1.165) is 37.7 Å². The van der Waals surface area contributed by atoms with Gasteiger partial charge in [0, 0.05) is 36.6 Å². The molecule has 1 N–H and O–H groups in total. The van der Waals surface area contributed by atoms with Crippen LogP contribution in [0.25, 0.3) is 0 Å². The van der Waals surface area contributed by atoms with Gasteiger partial charge in [-0.1, -0.05) is 32.9 Å². The molecule has 0 atom stereocenters. The number of anilines is 2. The van der Waals surface area contributed by atoms with E-state index in [1.165, 1.54) is 5.56 Å². The number of rotatable bonds is 6. The average Bonchev–Trinajstić information content (AvgIpc) is 2.77. The van der Waals surface area contributed by atoms with Crippen LogP contribution in [0, 0.1) is 0 Å². The number of amides is 2. The lowest BCUT2D eigenvalue weighted by molar-refractivity contribution is -0.116. The molecule has 0 unspecified atom stereocenters. The van der Waals surface area contributed by atoms with E-state index < -0.39 is 0 Å². The molecule has 6 nitrogen and oxygen atoms in total. The fourth-order valence-corrected chi connectivity index (χ4v) is 3.57. The molecular formula is C25H33N3O3. The van der Waals surface area contributed by atoms with Crippen LogP contribution >= 0.6 is 0 Å². The summed E-state index contributed by atoms with van der Waals surface area (Å²) >= 11 is 0. The van der Waals surface area contributed by atoms with Crippen molar-refractivity contribution in [3.8, 4) is 0 Å². The number of ether oxygens (including phenoxy) is 1. The summed E-state index contributed by atoms with van der Waals surface area (Å²) in [5, 5.41) is 2.90. The van der Waals surface area contributed by atoms with Crippen LogP contribution < -0.4 is 10.2 Å². The van der Waals surface area contributed by atoms with Crippen molar-refractivity contribution in [2.24, 2.45) is 0 Å². The molecule has 1 aliphatic rings. The summed E-state index contributed by atoms with van der Waals surface area (Å²) in [6, 6.07) is 15.4. The quantitative estimate of drug-likeness (QED) is 0.765. The number of hydrogen-bond donors (Lipinski definition) is 1. The Morgan fingerprint density at radius 3 is 2.16 bits per heavy atom. The van der Waals surface area contributed by atoms with Gasteiger partial charge in [-0.05, 0) is 54.3 Å². The second kappa shape index (κ2) is 9.96. The fourth-order valence-electron chi connectivity index (χ4n) is 3.57. The third-order valence-corrected chi connectivity index (χ3v) is 5.53. The fraction of sp³-hybridized carbons (Fsp3) is 0.440. The molecule has 2 aromatic rings. The molecule has 1 aliphatic heterocycles. The summed E-state index contributed by atoms with van der Waals surface area (Å²) in [6.45, 7) is 12.0. The molecule has 0 radical (unpaired) electrons. The van der Waals surface area contributed by atoms with Crippen LogP contribution in [0.4, 0.5) is 11.4 Å². The van der Waals surface area contributed by atoms with E-state index in [1.807, 2.05) is 55.5 Å². The van der Waals surface area contributed by atoms with Crippen LogP contribution in [0.1, 0.15) is 43.6 Å². The van der Waals surface area contributed by atoms with Crippen molar-refractivity contribution >= 4 is 23.2 Å². The first-order valence-electron chi connectivity index (χ1n) is 10.9. The highest BCUT2D eigenvalue weighted by Gasteiger charge is 2.19. The Morgan fingerprint density at radius 2 is 1.61 bits per heavy atom. The molecule has 0 bridgehead atoms. The minimum Gasteiger partial charge on any atom is -0.378 e. The number of nitrogens with zero attached hydrogens (tertiary/aromatic N) is 2. The number of benzene rings is 2. The lowest BCUT2D eigenvalue weighted by Crippen LogP contribution is -2.38. The van der Waals surface area contributed by atoms with Crippen LogP contribution in [0.2, 0.25) is 0 Å². The van der Waals surface area contributed by atoms with Gasteiger partial charge in [0.25, 0.3) is 5.91 Å². The van der Waals surface area contributed by atoms with Gasteiger partial charge in [-0.3, -0.25) is 9.59 Å². The van der Waals surface area contributed by atoms with Crippen LogP contribution in [0.5, 0.6) is 0 Å². The number of morpholine rings is 1. The summed E-state index contributed by atoms with van der Waals surface area (Å²) in [6.07, 6.45) is 0. The molecular weight excluding hydrogens is 390 g/mol. The topological polar surface area (TPSA) is 61.9 Å². The zero-order valence-electron chi connectivity index (χ0n) is 19.0. The molecule has 166 valence electrons. The third-order valence-electron chi connectivity index (χ3n) is 5.53. The molecule has 1 saturated heterocycles. The van der Waals surface area contributed by atoms with E-state index in [0.29, 0.717) is 12.1 Å². The van der Waals surface area contributed by atoms with Gasteiger partial charge in [-0.25, -0.2) is 0 Å². The Kier molecular flexibility index (Phi) is 7.33. The Hall–Kier alpha value is -2.86. The Bertz CT molecular complexity index is 880. The Labute approximate surface area is 185 Å². The van der Waals surface area contributed by atoms with E-state index in [1.54, 1.807) is 4.90 Å². The maximum absolute atomic E-state index is 12.9. The van der Waals surface area contributed by atoms with Crippen molar-refractivity contribution in [1.82, 2.24) is 4.90 Å². The second-order valence-electron chi connectivity index (χ2n) is 8.84. The lowest BCUT2D eigenvalue weighted by atomic mass is 9.86. The zero-order valence-corrected chi connectivity index (χ0v) is 19.0. The largest absolute Gasteiger partial charge is 0.378 e. The van der Waals surface area contributed by atoms with E-state index in [9.17, 15) is 9.59 Å². The van der Waals surface area contributed by atoms with Gasteiger partial charge in [0.1, 0.15) is 6.54 Å². The molecule has 31 heavy (non-hydrogen) atoms. The molecule has 0 spiro atoms. The SMILES string of the molecule is CCN(CC(=O)Nc1ccc(N2CCOCC2)cc1)C(=O)c1ccc(C(C)(C)C)cc1. The van der Waals surface area contributed by atoms with E-state index >= 15 is 0 Å². The van der Waals surface area contributed by atoms with E-state index in [4.69, 9.17) is 4.74 Å². The summed E-state index contributed by atoms with van der Waals surface area (Å²) in [7, 11) is 0. The summed E-state index contributed by atoms with van der Waals surface area (Å²) in [5.74, 6) is -0.346. The summed E-state index contributed by atoms with van der Waals surface area (Å²) in [5.41, 5.74) is 3.64. The monoisotopic (exact) mass is 423 g/mol. The highest BCUT2D eigenvalue weighted by molar-refractivity contribution is 5.99. The normalized spacial score (nSPS) is 14.3. The van der Waals surface area contributed by atoms with Crippen LogP contribution in [-0.4, -0.2) is 56.1 Å².